The lowest BCUT2D eigenvalue weighted by atomic mass is 10.4. The van der Waals surface area contributed by atoms with E-state index in [0.717, 1.165) is 0 Å². The zero-order valence-corrected chi connectivity index (χ0v) is 6.87. The third-order valence-electron chi connectivity index (χ3n) is 1.28. The first-order valence-electron chi connectivity index (χ1n) is 3.62. The van der Waals surface area contributed by atoms with Gasteiger partial charge >= 0.3 is 6.16 Å². The first kappa shape index (κ1) is 8.33. The Balaban J connectivity index is 2.40. The maximum absolute atomic E-state index is 10.5. The molecule has 4 nitrogen and oxygen atoms in total. The summed E-state index contributed by atoms with van der Waals surface area (Å²) >= 11 is 0. The quantitative estimate of drug-likeness (QED) is 0.571. The van der Waals surface area contributed by atoms with Crippen molar-refractivity contribution in [3.63, 3.8) is 0 Å². The van der Waals surface area contributed by atoms with Gasteiger partial charge < -0.3 is 14.2 Å². The second-order valence-corrected chi connectivity index (χ2v) is 2.74. The molecule has 0 radical (unpaired) electrons. The molecule has 1 fully saturated rings. The van der Waals surface area contributed by atoms with Crippen molar-refractivity contribution in [1.29, 1.82) is 0 Å². The Morgan fingerprint density at radius 2 is 2.09 bits per heavy atom. The molecule has 0 N–H and O–H groups in total. The fourth-order valence-electron chi connectivity index (χ4n) is 0.832. The average molecular weight is 160 g/mol. The van der Waals surface area contributed by atoms with E-state index >= 15 is 0 Å². The molecule has 0 aromatic heterocycles. The van der Waals surface area contributed by atoms with E-state index in [-0.39, 0.29) is 12.2 Å². The normalized spacial score (nSPS) is 30.4. The average Bonchev–Trinajstić information content (AvgIpc) is 2.09. The number of cyclic esters (lactones) is 2. The zero-order chi connectivity index (χ0) is 8.43. The van der Waals surface area contributed by atoms with Crippen molar-refractivity contribution in [3.8, 4) is 0 Å². The molecule has 1 aliphatic rings. The van der Waals surface area contributed by atoms with Gasteiger partial charge in [-0.2, -0.15) is 0 Å². The maximum atomic E-state index is 10.5. The van der Waals surface area contributed by atoms with Crippen molar-refractivity contribution >= 4 is 6.16 Å². The molecule has 0 aliphatic carbocycles. The molecule has 0 saturated carbocycles. The van der Waals surface area contributed by atoms with Crippen LogP contribution in [0.5, 0.6) is 0 Å². The molecule has 0 bridgehead atoms. The number of ether oxygens (including phenoxy) is 3. The molecule has 4 heteroatoms. The van der Waals surface area contributed by atoms with Crippen LogP contribution in [0, 0.1) is 0 Å². The summed E-state index contributed by atoms with van der Waals surface area (Å²) in [6, 6.07) is 0. The lowest BCUT2D eigenvalue weighted by molar-refractivity contribution is -0.122. The van der Waals surface area contributed by atoms with Gasteiger partial charge in [0, 0.05) is 0 Å². The van der Waals surface area contributed by atoms with Crippen LogP contribution in [0.3, 0.4) is 0 Å². The molecule has 1 heterocycles. The minimum absolute atomic E-state index is 0.0388. The molecule has 64 valence electrons. The van der Waals surface area contributed by atoms with Gasteiger partial charge in [0.25, 0.3) is 0 Å². The number of carbonyl (C=O) groups excluding carboxylic acids is 1. The van der Waals surface area contributed by atoms with Crippen LogP contribution in [0.2, 0.25) is 0 Å². The highest BCUT2D eigenvalue weighted by Crippen LogP contribution is 2.16. The largest absolute Gasteiger partial charge is 0.511 e. The molecule has 2 atom stereocenters. The summed E-state index contributed by atoms with van der Waals surface area (Å²) in [6.07, 6.45) is -1.45. The molecule has 2 unspecified atom stereocenters. The van der Waals surface area contributed by atoms with Crippen molar-refractivity contribution in [2.24, 2.45) is 0 Å². The third-order valence-corrected chi connectivity index (χ3v) is 1.28. The molecule has 0 spiro atoms. The number of hydrogen-bond donors (Lipinski definition) is 0. The van der Waals surface area contributed by atoms with Crippen LogP contribution >= 0.6 is 0 Å². The van der Waals surface area contributed by atoms with E-state index in [1.165, 1.54) is 0 Å². The second-order valence-electron chi connectivity index (χ2n) is 2.74. The molecule has 11 heavy (non-hydrogen) atoms. The number of carbonyl (C=O) groups is 1. The number of rotatable bonds is 2. The van der Waals surface area contributed by atoms with Gasteiger partial charge in [0.2, 0.25) is 6.29 Å². The molecule has 0 amide bonds. The lowest BCUT2D eigenvalue weighted by Gasteiger charge is -2.14. The van der Waals surface area contributed by atoms with Gasteiger partial charge in [-0.05, 0) is 20.8 Å². The Morgan fingerprint density at radius 1 is 1.45 bits per heavy atom. The molecule has 0 aromatic rings. The highest BCUT2D eigenvalue weighted by atomic mass is 16.8. The van der Waals surface area contributed by atoms with E-state index in [0.29, 0.717) is 0 Å². The Hall–Kier alpha value is -0.770. The summed E-state index contributed by atoms with van der Waals surface area (Å²) in [5.41, 5.74) is 0. The highest BCUT2D eigenvalue weighted by molar-refractivity contribution is 5.62. The van der Waals surface area contributed by atoms with E-state index < -0.39 is 12.4 Å². The molecular weight excluding hydrogens is 148 g/mol. The topological polar surface area (TPSA) is 44.8 Å². The Kier molecular flexibility index (Phi) is 2.34. The van der Waals surface area contributed by atoms with Gasteiger partial charge in [0.15, 0.2) is 6.10 Å². The smallest absolute Gasteiger partial charge is 0.425 e. The summed E-state index contributed by atoms with van der Waals surface area (Å²) < 4.78 is 14.6. The fourth-order valence-corrected chi connectivity index (χ4v) is 0.832. The summed E-state index contributed by atoms with van der Waals surface area (Å²) in [4.78, 5) is 10.5. The van der Waals surface area contributed by atoms with E-state index in [9.17, 15) is 4.79 Å². The molecule has 1 saturated heterocycles. The van der Waals surface area contributed by atoms with Crippen molar-refractivity contribution in [2.75, 3.05) is 0 Å². The predicted octanol–water partition coefficient (Wildman–Crippen LogP) is 1.29. The summed E-state index contributed by atoms with van der Waals surface area (Å²) in [7, 11) is 0. The second kappa shape index (κ2) is 3.09. The minimum Gasteiger partial charge on any atom is -0.425 e. The molecular formula is C7H12O4. The van der Waals surface area contributed by atoms with Crippen molar-refractivity contribution < 1.29 is 19.0 Å². The lowest BCUT2D eigenvalue weighted by Crippen LogP contribution is -2.25. The SMILES string of the molecule is CC(C)OC1OC(=O)OC1C. The summed E-state index contributed by atoms with van der Waals surface area (Å²) in [6.45, 7) is 5.48. The summed E-state index contributed by atoms with van der Waals surface area (Å²) in [5.74, 6) is 0. The molecule has 1 aliphatic heterocycles. The van der Waals surface area contributed by atoms with E-state index in [1.807, 2.05) is 13.8 Å². The van der Waals surface area contributed by atoms with Gasteiger partial charge in [0.1, 0.15) is 0 Å². The van der Waals surface area contributed by atoms with Crippen molar-refractivity contribution in [2.45, 2.75) is 39.3 Å². The van der Waals surface area contributed by atoms with Crippen LogP contribution < -0.4 is 0 Å². The van der Waals surface area contributed by atoms with E-state index in [4.69, 9.17) is 9.47 Å². The zero-order valence-electron chi connectivity index (χ0n) is 6.87. The predicted molar refractivity (Wildman–Crippen MR) is 37.0 cm³/mol. The van der Waals surface area contributed by atoms with Crippen LogP contribution in [0.15, 0.2) is 0 Å². The van der Waals surface area contributed by atoms with Crippen LogP contribution in [0.4, 0.5) is 4.79 Å². The van der Waals surface area contributed by atoms with Crippen molar-refractivity contribution in [1.82, 2.24) is 0 Å². The van der Waals surface area contributed by atoms with E-state index in [1.54, 1.807) is 6.92 Å². The molecule has 0 aromatic carbocycles. The van der Waals surface area contributed by atoms with Gasteiger partial charge in [-0.25, -0.2) is 4.79 Å². The van der Waals surface area contributed by atoms with Gasteiger partial charge in [-0.3, -0.25) is 0 Å². The van der Waals surface area contributed by atoms with Gasteiger partial charge in [0.05, 0.1) is 6.10 Å². The Bertz CT molecular complexity index is 155. The first-order valence-corrected chi connectivity index (χ1v) is 3.62. The van der Waals surface area contributed by atoms with Crippen LogP contribution in [-0.4, -0.2) is 24.7 Å². The fraction of sp³-hybridized carbons (Fsp3) is 0.857. The monoisotopic (exact) mass is 160 g/mol. The number of hydrogen-bond acceptors (Lipinski definition) is 4. The van der Waals surface area contributed by atoms with Crippen LogP contribution in [-0.2, 0) is 14.2 Å². The molecule has 1 rings (SSSR count). The van der Waals surface area contributed by atoms with E-state index in [2.05, 4.69) is 4.74 Å². The highest BCUT2D eigenvalue weighted by Gasteiger charge is 2.34. The van der Waals surface area contributed by atoms with Gasteiger partial charge in [-0.15, -0.1) is 0 Å². The first-order chi connectivity index (χ1) is 5.09. The Labute approximate surface area is 65.4 Å². The minimum atomic E-state index is -0.650. The van der Waals surface area contributed by atoms with Crippen LogP contribution in [0.25, 0.3) is 0 Å². The van der Waals surface area contributed by atoms with Crippen LogP contribution in [0.1, 0.15) is 20.8 Å². The Morgan fingerprint density at radius 3 is 2.45 bits per heavy atom. The third kappa shape index (κ3) is 2.08. The maximum Gasteiger partial charge on any atom is 0.511 e. The summed E-state index contributed by atoms with van der Waals surface area (Å²) in [5, 5.41) is 0. The standard InChI is InChI=1S/C7H12O4/c1-4(2)9-6-5(3)10-7(8)11-6/h4-6H,1-3H3. The van der Waals surface area contributed by atoms with Crippen molar-refractivity contribution in [3.05, 3.63) is 0 Å². The van der Waals surface area contributed by atoms with Gasteiger partial charge in [-0.1, -0.05) is 0 Å².